The minimum absolute atomic E-state index is 0.131. The van der Waals surface area contributed by atoms with Gasteiger partial charge >= 0.3 is 6.18 Å². The molecule has 0 bridgehead atoms. The van der Waals surface area contributed by atoms with E-state index in [0.29, 0.717) is 11.1 Å². The van der Waals surface area contributed by atoms with Crippen LogP contribution < -0.4 is 11.1 Å². The Balaban J connectivity index is 2.30. The van der Waals surface area contributed by atoms with Crippen LogP contribution >= 0.6 is 0 Å². The van der Waals surface area contributed by atoms with Gasteiger partial charge in [-0.25, -0.2) is 8.42 Å². The number of benzene rings is 2. The van der Waals surface area contributed by atoms with E-state index in [4.69, 9.17) is 5.73 Å². The molecule has 0 unspecified atom stereocenters. The summed E-state index contributed by atoms with van der Waals surface area (Å²) in [7, 11) is -3.33. The molecule has 2 rings (SSSR count). The van der Waals surface area contributed by atoms with Crippen LogP contribution in [0.1, 0.15) is 18.5 Å². The third-order valence-electron chi connectivity index (χ3n) is 3.89. The van der Waals surface area contributed by atoms with Gasteiger partial charge in [0.15, 0.2) is 15.9 Å². The molecule has 0 radical (unpaired) electrons. The first-order valence-electron chi connectivity index (χ1n) is 7.92. The normalized spacial score (nSPS) is 14.4. The Morgan fingerprint density at radius 3 is 1.81 bits per heavy atom. The maximum absolute atomic E-state index is 13.3. The van der Waals surface area contributed by atoms with Crippen molar-refractivity contribution in [2.45, 2.75) is 30.1 Å². The van der Waals surface area contributed by atoms with Crippen LogP contribution in [-0.4, -0.2) is 32.8 Å². The molecule has 146 valence electrons. The number of halogens is 3. The number of carbonyl (C=O) groups is 1. The molecule has 0 fully saturated rings. The van der Waals surface area contributed by atoms with E-state index in [0.717, 1.165) is 6.26 Å². The summed E-state index contributed by atoms with van der Waals surface area (Å²) in [5.74, 6) is -0.905. The SMILES string of the molecule is C[C@H](N)C(=O)N[C@@H](c1ccc(-c2ccc(S(C)(=O)=O)cc2)cc1)C(F)(F)F. The van der Waals surface area contributed by atoms with Crippen LogP contribution in [-0.2, 0) is 14.6 Å². The standard InChI is InChI=1S/C18H19F3N2O3S/c1-11(22)17(24)23-16(18(19,20)21)14-5-3-12(4-6-14)13-7-9-15(10-8-13)27(2,25)26/h3-11,16H,22H2,1-2H3,(H,23,24)/t11-,16-/m0/s1. The van der Waals surface area contributed by atoms with E-state index < -0.39 is 34.0 Å². The third kappa shape index (κ3) is 5.30. The number of amides is 1. The van der Waals surface area contributed by atoms with E-state index in [1.807, 2.05) is 5.32 Å². The van der Waals surface area contributed by atoms with Gasteiger partial charge in [-0.3, -0.25) is 4.79 Å². The summed E-state index contributed by atoms with van der Waals surface area (Å²) >= 11 is 0. The zero-order chi connectivity index (χ0) is 20.4. The molecule has 0 aliphatic rings. The number of sulfone groups is 1. The fourth-order valence-corrected chi connectivity index (χ4v) is 3.02. The third-order valence-corrected chi connectivity index (χ3v) is 5.02. The summed E-state index contributed by atoms with van der Waals surface area (Å²) in [6.45, 7) is 1.30. The molecule has 3 N–H and O–H groups in total. The summed E-state index contributed by atoms with van der Waals surface area (Å²) in [5, 5.41) is 1.90. The monoisotopic (exact) mass is 400 g/mol. The number of hydrogen-bond acceptors (Lipinski definition) is 4. The molecule has 0 aliphatic heterocycles. The first-order valence-corrected chi connectivity index (χ1v) is 9.82. The summed E-state index contributed by atoms with van der Waals surface area (Å²) in [5.41, 5.74) is 6.45. The molecule has 0 aliphatic carbocycles. The van der Waals surface area contributed by atoms with Gasteiger partial charge in [-0.15, -0.1) is 0 Å². The quantitative estimate of drug-likeness (QED) is 0.808. The maximum atomic E-state index is 13.3. The molecule has 0 spiro atoms. The lowest BCUT2D eigenvalue weighted by Gasteiger charge is -2.23. The number of carbonyl (C=O) groups excluding carboxylic acids is 1. The van der Waals surface area contributed by atoms with Crippen LogP contribution in [0.25, 0.3) is 11.1 Å². The molecule has 0 saturated heterocycles. The van der Waals surface area contributed by atoms with Crippen LogP contribution in [0.15, 0.2) is 53.4 Å². The molecule has 2 atom stereocenters. The highest BCUT2D eigenvalue weighted by Crippen LogP contribution is 2.34. The highest BCUT2D eigenvalue weighted by Gasteiger charge is 2.42. The van der Waals surface area contributed by atoms with E-state index in [2.05, 4.69) is 0 Å². The molecule has 2 aromatic carbocycles. The predicted molar refractivity (Wildman–Crippen MR) is 95.6 cm³/mol. The molecule has 0 aromatic heterocycles. The van der Waals surface area contributed by atoms with Crippen molar-refractivity contribution in [3.05, 3.63) is 54.1 Å². The highest BCUT2D eigenvalue weighted by atomic mass is 32.2. The fourth-order valence-electron chi connectivity index (χ4n) is 2.39. The Hall–Kier alpha value is -2.39. The Labute approximate surface area is 155 Å². The maximum Gasteiger partial charge on any atom is 0.412 e. The van der Waals surface area contributed by atoms with Crippen molar-refractivity contribution in [3.8, 4) is 11.1 Å². The van der Waals surface area contributed by atoms with E-state index in [1.54, 1.807) is 12.1 Å². The van der Waals surface area contributed by atoms with Gasteiger partial charge < -0.3 is 11.1 Å². The Morgan fingerprint density at radius 1 is 1.00 bits per heavy atom. The second-order valence-corrected chi connectivity index (χ2v) is 8.21. The number of nitrogens with one attached hydrogen (secondary N) is 1. The molecule has 0 saturated carbocycles. The minimum Gasteiger partial charge on any atom is -0.339 e. The lowest BCUT2D eigenvalue weighted by molar-refractivity contribution is -0.163. The summed E-state index contributed by atoms with van der Waals surface area (Å²) in [6, 6.07) is 8.25. The van der Waals surface area contributed by atoms with Crippen LogP contribution in [0.2, 0.25) is 0 Å². The first kappa shape index (κ1) is 20.9. The van der Waals surface area contributed by atoms with Gasteiger partial charge in [-0.05, 0) is 35.7 Å². The largest absolute Gasteiger partial charge is 0.412 e. The summed E-state index contributed by atoms with van der Waals surface area (Å²) in [6.07, 6.45) is -3.59. The predicted octanol–water partition coefficient (Wildman–Crippen LogP) is 2.82. The van der Waals surface area contributed by atoms with E-state index in [9.17, 15) is 26.4 Å². The number of rotatable bonds is 5. The molecule has 5 nitrogen and oxygen atoms in total. The summed E-state index contributed by atoms with van der Waals surface area (Å²) in [4.78, 5) is 11.7. The van der Waals surface area contributed by atoms with Gasteiger partial charge in [0.2, 0.25) is 5.91 Å². The number of alkyl halides is 3. The van der Waals surface area contributed by atoms with Crippen LogP contribution in [0.5, 0.6) is 0 Å². The van der Waals surface area contributed by atoms with E-state index in [-0.39, 0.29) is 10.5 Å². The van der Waals surface area contributed by atoms with Crippen LogP contribution in [0.4, 0.5) is 13.2 Å². The van der Waals surface area contributed by atoms with Crippen molar-refractivity contribution in [1.29, 1.82) is 0 Å². The second kappa shape index (κ2) is 7.69. The first-order chi connectivity index (χ1) is 12.4. The van der Waals surface area contributed by atoms with Crippen molar-refractivity contribution in [1.82, 2.24) is 5.32 Å². The van der Waals surface area contributed by atoms with Crippen molar-refractivity contribution in [2.75, 3.05) is 6.26 Å². The van der Waals surface area contributed by atoms with Gasteiger partial charge in [-0.1, -0.05) is 36.4 Å². The average molecular weight is 400 g/mol. The minimum atomic E-state index is -4.68. The second-order valence-electron chi connectivity index (χ2n) is 6.19. The van der Waals surface area contributed by atoms with Gasteiger partial charge in [-0.2, -0.15) is 13.2 Å². The van der Waals surface area contributed by atoms with E-state index in [1.165, 1.54) is 43.3 Å². The lowest BCUT2D eigenvalue weighted by atomic mass is 10.00. The van der Waals surface area contributed by atoms with Crippen molar-refractivity contribution in [2.24, 2.45) is 5.73 Å². The smallest absolute Gasteiger partial charge is 0.339 e. The van der Waals surface area contributed by atoms with E-state index >= 15 is 0 Å². The Bertz CT molecular complexity index is 906. The van der Waals surface area contributed by atoms with Crippen molar-refractivity contribution in [3.63, 3.8) is 0 Å². The highest BCUT2D eigenvalue weighted by molar-refractivity contribution is 7.90. The lowest BCUT2D eigenvalue weighted by Crippen LogP contribution is -2.45. The Morgan fingerprint density at radius 2 is 1.44 bits per heavy atom. The molecular formula is C18H19F3N2O3S. The Kier molecular flexibility index (Phi) is 5.96. The van der Waals surface area contributed by atoms with Crippen LogP contribution in [0.3, 0.4) is 0 Å². The fraction of sp³-hybridized carbons (Fsp3) is 0.278. The topological polar surface area (TPSA) is 89.3 Å². The van der Waals surface area contributed by atoms with Gasteiger partial charge in [0.05, 0.1) is 10.9 Å². The molecule has 2 aromatic rings. The van der Waals surface area contributed by atoms with Gasteiger partial charge in [0.1, 0.15) is 0 Å². The molecular weight excluding hydrogens is 381 g/mol. The van der Waals surface area contributed by atoms with Crippen molar-refractivity contribution >= 4 is 15.7 Å². The van der Waals surface area contributed by atoms with Crippen molar-refractivity contribution < 1.29 is 26.4 Å². The zero-order valence-electron chi connectivity index (χ0n) is 14.6. The number of hydrogen-bond donors (Lipinski definition) is 2. The van der Waals surface area contributed by atoms with Gasteiger partial charge in [0, 0.05) is 6.26 Å². The molecule has 1 amide bonds. The van der Waals surface area contributed by atoms with Gasteiger partial charge in [0.25, 0.3) is 0 Å². The summed E-state index contributed by atoms with van der Waals surface area (Å²) < 4.78 is 62.9. The molecule has 0 heterocycles. The zero-order valence-corrected chi connectivity index (χ0v) is 15.4. The molecule has 27 heavy (non-hydrogen) atoms. The van der Waals surface area contributed by atoms with Crippen LogP contribution in [0, 0.1) is 0 Å². The average Bonchev–Trinajstić information content (AvgIpc) is 2.58. The number of nitrogens with two attached hydrogens (primary N) is 1. The molecule has 9 heteroatoms.